The minimum atomic E-state index is -3.21. The Kier molecular flexibility index (Phi) is 6.00. The number of carbonyl (C=O) groups is 1. The summed E-state index contributed by atoms with van der Waals surface area (Å²) < 4.78 is 43.3. The zero-order chi connectivity index (χ0) is 22.2. The Morgan fingerprint density at radius 1 is 1.19 bits per heavy atom. The van der Waals surface area contributed by atoms with Crippen molar-refractivity contribution in [1.29, 1.82) is 0 Å². The SMILES string of the molecule is O=C(Nc1ccc(Oc2cccc(F)c2)c(Br)c1)c1cc2c(nc1Cl)CCS(=O)(=O)C2. The molecule has 1 aromatic heterocycles. The van der Waals surface area contributed by atoms with Gasteiger partial charge in [-0.25, -0.2) is 17.8 Å². The van der Waals surface area contributed by atoms with E-state index in [9.17, 15) is 17.6 Å². The predicted molar refractivity (Wildman–Crippen MR) is 119 cm³/mol. The molecule has 31 heavy (non-hydrogen) atoms. The van der Waals surface area contributed by atoms with Gasteiger partial charge in [-0.1, -0.05) is 17.7 Å². The molecule has 10 heteroatoms. The number of halogens is 3. The van der Waals surface area contributed by atoms with Crippen LogP contribution in [-0.4, -0.2) is 25.1 Å². The van der Waals surface area contributed by atoms with E-state index >= 15 is 0 Å². The van der Waals surface area contributed by atoms with Crippen molar-refractivity contribution in [3.63, 3.8) is 0 Å². The first-order chi connectivity index (χ1) is 14.7. The van der Waals surface area contributed by atoms with Crippen molar-refractivity contribution < 1.29 is 22.3 Å². The van der Waals surface area contributed by atoms with E-state index in [0.717, 1.165) is 0 Å². The van der Waals surface area contributed by atoms with E-state index in [2.05, 4.69) is 26.2 Å². The number of ether oxygens (including phenoxy) is 1. The Hall–Kier alpha value is -2.49. The van der Waals surface area contributed by atoms with Crippen LogP contribution in [0.25, 0.3) is 0 Å². The monoisotopic (exact) mass is 524 g/mol. The summed E-state index contributed by atoms with van der Waals surface area (Å²) in [5.74, 6) is -0.311. The molecule has 0 saturated carbocycles. The van der Waals surface area contributed by atoms with Gasteiger partial charge in [0.15, 0.2) is 9.84 Å². The number of pyridine rings is 1. The average Bonchev–Trinajstić information content (AvgIpc) is 2.69. The molecule has 0 saturated heterocycles. The second kappa shape index (κ2) is 8.57. The molecule has 1 aliphatic rings. The van der Waals surface area contributed by atoms with Crippen molar-refractivity contribution in [2.75, 3.05) is 11.1 Å². The summed E-state index contributed by atoms with van der Waals surface area (Å²) in [4.78, 5) is 16.9. The second-order valence-electron chi connectivity index (χ2n) is 6.93. The first-order valence-electron chi connectivity index (χ1n) is 9.13. The summed E-state index contributed by atoms with van der Waals surface area (Å²) in [5.41, 5.74) is 1.62. The van der Waals surface area contributed by atoms with E-state index in [1.54, 1.807) is 24.3 Å². The van der Waals surface area contributed by atoms with Crippen LogP contribution in [0.3, 0.4) is 0 Å². The van der Waals surface area contributed by atoms with Crippen molar-refractivity contribution in [2.24, 2.45) is 0 Å². The Morgan fingerprint density at radius 3 is 2.74 bits per heavy atom. The normalized spacial score (nSPS) is 14.5. The highest BCUT2D eigenvalue weighted by atomic mass is 79.9. The smallest absolute Gasteiger partial charge is 0.258 e. The Morgan fingerprint density at radius 2 is 2.00 bits per heavy atom. The summed E-state index contributed by atoms with van der Waals surface area (Å²) >= 11 is 9.54. The molecule has 1 N–H and O–H groups in total. The van der Waals surface area contributed by atoms with E-state index < -0.39 is 21.6 Å². The fourth-order valence-electron chi connectivity index (χ4n) is 3.15. The molecule has 0 bridgehead atoms. The number of anilines is 1. The Balaban J connectivity index is 1.53. The molecule has 3 aromatic rings. The molecular weight excluding hydrogens is 511 g/mol. The van der Waals surface area contributed by atoms with Gasteiger partial charge in [0.05, 0.1) is 21.5 Å². The van der Waals surface area contributed by atoms with Crippen LogP contribution in [0.2, 0.25) is 5.15 Å². The number of sulfone groups is 1. The number of nitrogens with one attached hydrogen (secondary N) is 1. The maximum absolute atomic E-state index is 13.3. The van der Waals surface area contributed by atoms with Crippen LogP contribution in [0.15, 0.2) is 53.0 Å². The number of hydrogen-bond donors (Lipinski definition) is 1. The molecular formula is C21H15BrClFN2O4S. The quantitative estimate of drug-likeness (QED) is 0.476. The molecule has 1 aliphatic heterocycles. The van der Waals surface area contributed by atoms with Crippen LogP contribution in [0.5, 0.6) is 11.5 Å². The first kappa shape index (κ1) is 21.7. The highest BCUT2D eigenvalue weighted by Gasteiger charge is 2.25. The number of amides is 1. The summed E-state index contributed by atoms with van der Waals surface area (Å²) in [7, 11) is -3.21. The summed E-state index contributed by atoms with van der Waals surface area (Å²) in [5, 5.41) is 2.72. The van der Waals surface area contributed by atoms with Gasteiger partial charge in [-0.05, 0) is 57.9 Å². The van der Waals surface area contributed by atoms with Gasteiger partial charge in [0.1, 0.15) is 22.5 Å². The molecule has 0 unspecified atom stereocenters. The zero-order valence-electron chi connectivity index (χ0n) is 15.9. The number of rotatable bonds is 4. The van der Waals surface area contributed by atoms with Gasteiger partial charge >= 0.3 is 0 Å². The van der Waals surface area contributed by atoms with Crippen molar-refractivity contribution >= 4 is 49.0 Å². The van der Waals surface area contributed by atoms with Crippen molar-refractivity contribution in [1.82, 2.24) is 4.98 Å². The predicted octanol–water partition coefficient (Wildman–Crippen LogP) is 5.15. The van der Waals surface area contributed by atoms with Crippen LogP contribution in [0.4, 0.5) is 10.1 Å². The van der Waals surface area contributed by atoms with Gasteiger partial charge < -0.3 is 10.1 Å². The van der Waals surface area contributed by atoms with Crippen LogP contribution >= 0.6 is 27.5 Å². The third-order valence-corrected chi connectivity index (χ3v) is 7.11. The number of nitrogens with zero attached hydrogens (tertiary/aromatic N) is 1. The maximum Gasteiger partial charge on any atom is 0.258 e. The lowest BCUT2D eigenvalue weighted by Gasteiger charge is -2.17. The standard InChI is InChI=1S/C21H15BrClFN2O4S/c22-17-10-14(4-5-19(17)30-15-3-1-2-13(24)9-15)25-21(27)16-8-12-11-31(28,29)7-6-18(12)26-20(16)23/h1-5,8-10H,6-7,11H2,(H,25,27). The molecule has 0 spiro atoms. The lowest BCUT2D eigenvalue weighted by molar-refractivity contribution is 0.102. The van der Waals surface area contributed by atoms with Gasteiger partial charge in [0.25, 0.3) is 5.91 Å². The van der Waals surface area contributed by atoms with Gasteiger partial charge in [0.2, 0.25) is 0 Å². The molecule has 4 rings (SSSR count). The van der Waals surface area contributed by atoms with E-state index in [0.29, 0.717) is 32.9 Å². The minimum Gasteiger partial charge on any atom is -0.456 e. The molecule has 0 radical (unpaired) electrons. The second-order valence-corrected chi connectivity index (χ2v) is 10.3. The first-order valence-corrected chi connectivity index (χ1v) is 12.1. The molecule has 0 fully saturated rings. The number of carbonyl (C=O) groups excluding carboxylic acids is 1. The number of hydrogen-bond acceptors (Lipinski definition) is 5. The maximum atomic E-state index is 13.3. The summed E-state index contributed by atoms with van der Waals surface area (Å²) in [6, 6.07) is 12.1. The minimum absolute atomic E-state index is 0.0145. The number of benzene rings is 2. The van der Waals surface area contributed by atoms with Gasteiger partial charge in [0, 0.05) is 23.9 Å². The van der Waals surface area contributed by atoms with Gasteiger partial charge in [-0.2, -0.15) is 0 Å². The highest BCUT2D eigenvalue weighted by Crippen LogP contribution is 2.33. The molecule has 2 heterocycles. The Bertz CT molecular complexity index is 1300. The fourth-order valence-corrected chi connectivity index (χ4v) is 5.22. The molecule has 2 aromatic carbocycles. The van der Waals surface area contributed by atoms with Crippen LogP contribution < -0.4 is 10.1 Å². The summed E-state index contributed by atoms with van der Waals surface area (Å²) in [6.07, 6.45) is 0.277. The van der Waals surface area contributed by atoms with Crippen LogP contribution in [-0.2, 0) is 22.0 Å². The average molecular weight is 526 g/mol. The summed E-state index contributed by atoms with van der Waals surface area (Å²) in [6.45, 7) is 0. The molecule has 160 valence electrons. The van der Waals surface area contributed by atoms with Gasteiger partial charge in [-0.15, -0.1) is 0 Å². The third kappa shape index (κ3) is 5.06. The third-order valence-electron chi connectivity index (χ3n) is 4.63. The van der Waals surface area contributed by atoms with Crippen molar-refractivity contribution in [3.05, 3.63) is 80.8 Å². The van der Waals surface area contributed by atoms with Crippen LogP contribution in [0.1, 0.15) is 21.6 Å². The highest BCUT2D eigenvalue weighted by molar-refractivity contribution is 9.10. The van der Waals surface area contributed by atoms with E-state index in [4.69, 9.17) is 16.3 Å². The Labute approximate surface area is 191 Å². The van der Waals surface area contributed by atoms with Crippen LogP contribution in [0, 0.1) is 5.82 Å². The molecule has 6 nitrogen and oxygen atoms in total. The van der Waals surface area contributed by atoms with E-state index in [1.807, 2.05) is 0 Å². The number of aromatic nitrogens is 1. The van der Waals surface area contributed by atoms with Crippen molar-refractivity contribution in [3.8, 4) is 11.5 Å². The molecule has 0 aliphatic carbocycles. The number of fused-ring (bicyclic) bond motifs is 1. The lowest BCUT2D eigenvalue weighted by atomic mass is 10.1. The lowest BCUT2D eigenvalue weighted by Crippen LogP contribution is -2.22. The molecule has 1 amide bonds. The number of aryl methyl sites for hydroxylation is 1. The zero-order valence-corrected chi connectivity index (χ0v) is 19.0. The van der Waals surface area contributed by atoms with Crippen molar-refractivity contribution in [2.45, 2.75) is 12.2 Å². The van der Waals surface area contributed by atoms with Gasteiger partial charge in [-0.3, -0.25) is 4.79 Å². The topological polar surface area (TPSA) is 85.4 Å². The van der Waals surface area contributed by atoms with E-state index in [1.165, 1.54) is 24.3 Å². The molecule has 0 atom stereocenters. The van der Waals surface area contributed by atoms with E-state index in [-0.39, 0.29) is 28.6 Å². The fraction of sp³-hybridized carbons (Fsp3) is 0.143. The largest absolute Gasteiger partial charge is 0.456 e.